The predicted octanol–water partition coefficient (Wildman–Crippen LogP) is 5.55. The van der Waals surface area contributed by atoms with Crippen molar-refractivity contribution in [2.45, 2.75) is 122 Å². The van der Waals surface area contributed by atoms with Crippen LogP contribution in [0, 0.1) is 11.3 Å². The minimum Gasteiger partial charge on any atom is -0.395 e. The first-order chi connectivity index (χ1) is 23.3. The maximum atomic E-state index is 14.7. The van der Waals surface area contributed by atoms with Crippen LogP contribution in [0.4, 0.5) is 8.78 Å². The highest BCUT2D eigenvalue weighted by atomic mass is 35.5. The number of aliphatic hydroxyl groups is 1. The number of likely N-dealkylation sites (tertiary alicyclic amines) is 3. The van der Waals surface area contributed by atoms with Gasteiger partial charge in [0.25, 0.3) is 5.91 Å². The Bertz CT molecular complexity index is 1390. The van der Waals surface area contributed by atoms with Crippen LogP contribution in [0.1, 0.15) is 98.0 Å². The Labute approximate surface area is 302 Å². The number of carbonyl (C=O) groups excluding carboxylic acids is 3. The molecule has 1 N–H and O–H groups in total. The van der Waals surface area contributed by atoms with Crippen molar-refractivity contribution in [1.82, 2.24) is 19.8 Å². The molecule has 3 saturated heterocycles. The Morgan fingerprint density at radius 2 is 1.64 bits per heavy atom. The molecule has 4 aliphatic rings. The van der Waals surface area contributed by atoms with Crippen LogP contribution in [0.3, 0.4) is 0 Å². The molecular formula is C38H59ClF2N5O4+. The molecular weight excluding hydrogens is 664 g/mol. The highest BCUT2D eigenvalue weighted by molar-refractivity contribution is 6.30. The van der Waals surface area contributed by atoms with Gasteiger partial charge in [0.05, 0.1) is 44.1 Å². The van der Waals surface area contributed by atoms with Crippen molar-refractivity contribution < 1.29 is 32.8 Å². The van der Waals surface area contributed by atoms with Gasteiger partial charge in [-0.1, -0.05) is 23.7 Å². The number of halogens is 3. The standard InChI is InChI=1S/C38H59ClF2N5O4/c1-8-44(45(35(50)37(5,6)25-47)28-15-18-38(40,41)19-16-28)34(49)32-10-9-21-46(32,7)29-17-20-42(22-29)33(48)31-24-43(36(2,3)4)23-30(31)26-11-13-27(39)14-12-26/h11-14,28-32,47H,8-10,15-25H2,1-7H3/q+1/t29-,30-,31+,32-,46?/m0/s1. The van der Waals surface area contributed by atoms with Crippen LogP contribution < -0.4 is 0 Å². The Hall–Kier alpha value is -2.34. The maximum Gasteiger partial charge on any atom is 0.299 e. The zero-order chi connectivity index (χ0) is 36.8. The van der Waals surface area contributed by atoms with Crippen molar-refractivity contribution >= 4 is 29.3 Å². The number of aliphatic hydroxyl groups excluding tert-OH is 1. The number of rotatable bonds is 8. The smallest absolute Gasteiger partial charge is 0.299 e. The number of hydrazine groups is 1. The third kappa shape index (κ3) is 7.71. The predicted molar refractivity (Wildman–Crippen MR) is 190 cm³/mol. The van der Waals surface area contributed by atoms with E-state index in [9.17, 15) is 28.3 Å². The Balaban J connectivity index is 1.35. The molecule has 0 spiro atoms. The van der Waals surface area contributed by atoms with Gasteiger partial charge in [-0.25, -0.2) is 18.8 Å². The average Bonchev–Trinajstić information content (AvgIpc) is 3.83. The van der Waals surface area contributed by atoms with Gasteiger partial charge in [-0.3, -0.25) is 19.3 Å². The third-order valence-electron chi connectivity index (χ3n) is 12.3. The summed E-state index contributed by atoms with van der Waals surface area (Å²) in [6, 6.07) is 6.92. The molecule has 1 aliphatic carbocycles. The summed E-state index contributed by atoms with van der Waals surface area (Å²) in [5, 5.41) is 13.7. The summed E-state index contributed by atoms with van der Waals surface area (Å²) in [5.74, 6) is -3.39. The van der Waals surface area contributed by atoms with Crippen molar-refractivity contribution in [2.75, 3.05) is 52.9 Å². The molecule has 5 rings (SSSR count). The lowest BCUT2D eigenvalue weighted by Crippen LogP contribution is -2.66. The van der Waals surface area contributed by atoms with E-state index in [1.54, 1.807) is 13.8 Å². The van der Waals surface area contributed by atoms with Crippen molar-refractivity contribution in [1.29, 1.82) is 0 Å². The van der Waals surface area contributed by atoms with Gasteiger partial charge < -0.3 is 14.5 Å². The second-order valence-corrected chi connectivity index (χ2v) is 17.6. The van der Waals surface area contributed by atoms with Crippen LogP contribution in [-0.4, -0.2) is 130 Å². The molecule has 0 radical (unpaired) electrons. The third-order valence-corrected chi connectivity index (χ3v) is 12.6. The molecule has 50 heavy (non-hydrogen) atoms. The molecule has 5 atom stereocenters. The number of carbonyl (C=O) groups is 3. The number of amides is 3. The van der Waals surface area contributed by atoms with Crippen molar-refractivity contribution in [2.24, 2.45) is 11.3 Å². The van der Waals surface area contributed by atoms with Gasteiger partial charge in [-0.2, -0.15) is 0 Å². The van der Waals surface area contributed by atoms with Gasteiger partial charge in [-0.05, 0) is 72.1 Å². The molecule has 3 amide bonds. The van der Waals surface area contributed by atoms with Gasteiger partial charge in [0.15, 0.2) is 6.04 Å². The summed E-state index contributed by atoms with van der Waals surface area (Å²) in [7, 11) is 2.11. The van der Waals surface area contributed by atoms with Crippen LogP contribution in [0.2, 0.25) is 5.02 Å². The van der Waals surface area contributed by atoms with Crippen LogP contribution in [0.5, 0.6) is 0 Å². The number of hydrogen-bond acceptors (Lipinski definition) is 5. The number of likely N-dealkylation sites (N-methyl/N-ethyl adjacent to an activating group) is 2. The van der Waals surface area contributed by atoms with E-state index in [1.807, 2.05) is 36.1 Å². The van der Waals surface area contributed by atoms with E-state index in [1.165, 1.54) is 10.0 Å². The first-order valence-corrected chi connectivity index (χ1v) is 19.0. The first-order valence-electron chi connectivity index (χ1n) is 18.6. The van der Waals surface area contributed by atoms with Crippen molar-refractivity contribution in [3.8, 4) is 0 Å². The Morgan fingerprint density at radius 1 is 1.00 bits per heavy atom. The second kappa shape index (κ2) is 14.6. The SMILES string of the molecule is CCN(C(=O)[C@@H]1CCC[N+]1(C)[C@H]1CCN(C(=O)[C@@H]2CN(C(C)(C)C)C[C@H]2c2ccc(Cl)cc2)C1)N(C(=O)C(C)(C)CO)C1CCC(F)(F)CC1. The summed E-state index contributed by atoms with van der Waals surface area (Å²) in [4.78, 5) is 47.4. The van der Waals surface area contributed by atoms with Gasteiger partial charge in [-0.15, -0.1) is 0 Å². The van der Waals surface area contributed by atoms with E-state index in [0.29, 0.717) is 35.6 Å². The van der Waals surface area contributed by atoms with E-state index in [4.69, 9.17) is 11.6 Å². The lowest BCUT2D eigenvalue weighted by atomic mass is 9.88. The fourth-order valence-corrected chi connectivity index (χ4v) is 9.03. The van der Waals surface area contributed by atoms with E-state index in [-0.39, 0.29) is 67.5 Å². The summed E-state index contributed by atoms with van der Waals surface area (Å²) in [5.41, 5.74) is -0.148. The maximum absolute atomic E-state index is 14.7. The molecule has 0 aromatic heterocycles. The largest absolute Gasteiger partial charge is 0.395 e. The quantitative estimate of drug-likeness (QED) is 0.281. The molecule has 4 fully saturated rings. The molecule has 1 unspecified atom stereocenters. The number of quaternary nitrogens is 1. The molecule has 0 bridgehead atoms. The lowest BCUT2D eigenvalue weighted by Gasteiger charge is -2.48. The molecule has 3 heterocycles. The van der Waals surface area contributed by atoms with Crippen LogP contribution >= 0.6 is 11.6 Å². The zero-order valence-electron chi connectivity index (χ0n) is 31.1. The van der Waals surface area contributed by atoms with E-state index in [0.717, 1.165) is 31.5 Å². The minimum absolute atomic E-state index is 0.0495. The molecule has 9 nitrogen and oxygen atoms in total. The molecule has 1 aromatic rings. The molecule has 3 aliphatic heterocycles. The molecule has 1 aromatic carbocycles. The van der Waals surface area contributed by atoms with Crippen molar-refractivity contribution in [3.63, 3.8) is 0 Å². The highest BCUT2D eigenvalue weighted by Gasteiger charge is 2.54. The van der Waals surface area contributed by atoms with E-state index < -0.39 is 35.9 Å². The van der Waals surface area contributed by atoms with Gasteiger partial charge in [0.1, 0.15) is 6.04 Å². The van der Waals surface area contributed by atoms with E-state index in [2.05, 4.69) is 32.7 Å². The number of benzene rings is 1. The van der Waals surface area contributed by atoms with E-state index >= 15 is 0 Å². The molecule has 1 saturated carbocycles. The van der Waals surface area contributed by atoms with Gasteiger partial charge >= 0.3 is 0 Å². The second-order valence-electron chi connectivity index (χ2n) is 17.1. The summed E-state index contributed by atoms with van der Waals surface area (Å²) in [6.07, 6.45) is 1.75. The minimum atomic E-state index is -2.79. The number of hydrogen-bond donors (Lipinski definition) is 1. The fourth-order valence-electron chi connectivity index (χ4n) is 8.90. The monoisotopic (exact) mass is 722 g/mol. The molecule has 280 valence electrons. The van der Waals surface area contributed by atoms with Gasteiger partial charge in [0, 0.05) is 74.8 Å². The highest BCUT2D eigenvalue weighted by Crippen LogP contribution is 2.41. The summed E-state index contributed by atoms with van der Waals surface area (Å²) >= 11 is 6.21. The van der Waals surface area contributed by atoms with Crippen molar-refractivity contribution in [3.05, 3.63) is 34.9 Å². The van der Waals surface area contributed by atoms with Crippen LogP contribution in [-0.2, 0) is 14.4 Å². The zero-order valence-corrected chi connectivity index (χ0v) is 31.9. The Kier molecular flexibility index (Phi) is 11.3. The normalized spacial score (nSPS) is 29.4. The number of nitrogens with zero attached hydrogens (tertiary/aromatic N) is 5. The lowest BCUT2D eigenvalue weighted by molar-refractivity contribution is -0.934. The first kappa shape index (κ1) is 38.9. The number of alkyl halides is 2. The Morgan fingerprint density at radius 3 is 2.22 bits per heavy atom. The molecule has 12 heteroatoms. The summed E-state index contributed by atoms with van der Waals surface area (Å²) in [6.45, 7) is 14.8. The van der Waals surface area contributed by atoms with Gasteiger partial charge in [0.2, 0.25) is 17.7 Å². The average molecular weight is 723 g/mol. The van der Waals surface area contributed by atoms with Crippen LogP contribution in [0.15, 0.2) is 24.3 Å². The van der Waals surface area contributed by atoms with Crippen LogP contribution in [0.25, 0.3) is 0 Å². The fraction of sp³-hybridized carbons (Fsp3) is 0.763. The topological polar surface area (TPSA) is 84.4 Å². The summed E-state index contributed by atoms with van der Waals surface area (Å²) < 4.78 is 28.9.